The van der Waals surface area contributed by atoms with Crippen molar-refractivity contribution in [1.82, 2.24) is 0 Å². The molecule has 1 aliphatic carbocycles. The summed E-state index contributed by atoms with van der Waals surface area (Å²) in [4.78, 5) is 11.9. The summed E-state index contributed by atoms with van der Waals surface area (Å²) in [6, 6.07) is 0. The van der Waals surface area contributed by atoms with E-state index in [9.17, 15) is 4.79 Å². The highest BCUT2D eigenvalue weighted by molar-refractivity contribution is 5.82. The van der Waals surface area contributed by atoms with Crippen molar-refractivity contribution in [3.05, 3.63) is 0 Å². The topological polar surface area (TPSA) is 38.8 Å². The van der Waals surface area contributed by atoms with Gasteiger partial charge in [0.2, 0.25) is 0 Å². The highest BCUT2D eigenvalue weighted by Gasteiger charge is 2.53. The Hall–Kier alpha value is -0.570. The van der Waals surface area contributed by atoms with Gasteiger partial charge in [0.1, 0.15) is 0 Å². The normalized spacial score (nSPS) is 26.7. The Bertz CT molecular complexity index is 267. The van der Waals surface area contributed by atoms with E-state index in [2.05, 4.69) is 6.92 Å². The molecule has 3 heteroatoms. The summed E-state index contributed by atoms with van der Waals surface area (Å²) < 4.78 is 10.6. The van der Waals surface area contributed by atoms with Crippen LogP contribution < -0.4 is 0 Å². The Balaban J connectivity index is 1.56. The number of ether oxygens (including phenoxy) is 2. The van der Waals surface area contributed by atoms with Crippen LogP contribution in [0.5, 0.6) is 0 Å². The number of hydrogen-bond acceptors (Lipinski definition) is 3. The van der Waals surface area contributed by atoms with Crippen molar-refractivity contribution >= 4 is 5.97 Å². The molecule has 1 saturated heterocycles. The van der Waals surface area contributed by atoms with E-state index in [-0.39, 0.29) is 5.97 Å². The van der Waals surface area contributed by atoms with E-state index in [1.54, 1.807) is 0 Å². The van der Waals surface area contributed by atoms with Crippen molar-refractivity contribution in [3.63, 3.8) is 0 Å². The third-order valence-electron chi connectivity index (χ3n) is 4.26. The van der Waals surface area contributed by atoms with E-state index >= 15 is 0 Å². The van der Waals surface area contributed by atoms with Gasteiger partial charge in [0, 0.05) is 0 Å². The monoisotopic (exact) mass is 254 g/mol. The first-order valence-corrected chi connectivity index (χ1v) is 7.58. The van der Waals surface area contributed by atoms with Crippen LogP contribution in [0, 0.1) is 5.92 Å². The fraction of sp³-hybridized carbons (Fsp3) is 0.933. The zero-order chi connectivity index (χ0) is 12.8. The van der Waals surface area contributed by atoms with Gasteiger partial charge >= 0.3 is 5.97 Å². The molecule has 1 aliphatic heterocycles. The van der Waals surface area contributed by atoms with Crippen molar-refractivity contribution in [2.75, 3.05) is 13.2 Å². The summed E-state index contributed by atoms with van der Waals surface area (Å²) in [6.07, 6.45) is 10.8. The van der Waals surface area contributed by atoms with Gasteiger partial charge < -0.3 is 9.47 Å². The van der Waals surface area contributed by atoms with E-state index in [4.69, 9.17) is 9.47 Å². The van der Waals surface area contributed by atoms with Gasteiger partial charge in [-0.3, -0.25) is 0 Å². The van der Waals surface area contributed by atoms with Gasteiger partial charge in [-0.1, -0.05) is 45.4 Å². The molecule has 1 saturated carbocycles. The van der Waals surface area contributed by atoms with Crippen LogP contribution in [0.4, 0.5) is 0 Å². The van der Waals surface area contributed by atoms with Crippen LogP contribution >= 0.6 is 0 Å². The Morgan fingerprint density at radius 1 is 1.33 bits per heavy atom. The van der Waals surface area contributed by atoms with Gasteiger partial charge in [-0.2, -0.15) is 0 Å². The summed E-state index contributed by atoms with van der Waals surface area (Å²) in [7, 11) is 0. The molecule has 2 rings (SSSR count). The molecule has 3 nitrogen and oxygen atoms in total. The fourth-order valence-electron chi connectivity index (χ4n) is 2.52. The van der Waals surface area contributed by atoms with Gasteiger partial charge in [-0.05, 0) is 25.2 Å². The first kappa shape index (κ1) is 13.9. The predicted octanol–water partition coefficient (Wildman–Crippen LogP) is 3.46. The van der Waals surface area contributed by atoms with Crippen molar-refractivity contribution in [3.8, 4) is 0 Å². The predicted molar refractivity (Wildman–Crippen MR) is 70.4 cm³/mol. The van der Waals surface area contributed by atoms with Crippen molar-refractivity contribution in [1.29, 1.82) is 0 Å². The lowest BCUT2D eigenvalue weighted by Gasteiger charge is -2.25. The summed E-state index contributed by atoms with van der Waals surface area (Å²) in [5.74, 6) is 0.845. The summed E-state index contributed by atoms with van der Waals surface area (Å²) >= 11 is 0. The maximum atomic E-state index is 11.9. The second-order valence-corrected chi connectivity index (χ2v) is 5.82. The zero-order valence-electron chi connectivity index (χ0n) is 11.6. The van der Waals surface area contributed by atoms with Gasteiger partial charge in [0.15, 0.2) is 5.60 Å². The van der Waals surface area contributed by atoms with Crippen LogP contribution in [-0.2, 0) is 14.3 Å². The van der Waals surface area contributed by atoms with Crippen LogP contribution in [0.3, 0.4) is 0 Å². The lowest BCUT2D eigenvalue weighted by Crippen LogP contribution is -2.27. The maximum absolute atomic E-state index is 11.9. The maximum Gasteiger partial charge on any atom is 0.340 e. The van der Waals surface area contributed by atoms with Crippen LogP contribution in [0.2, 0.25) is 0 Å². The van der Waals surface area contributed by atoms with E-state index in [0.717, 1.165) is 31.6 Å². The molecule has 18 heavy (non-hydrogen) atoms. The molecule has 0 radical (unpaired) electrons. The molecule has 0 bridgehead atoms. The second kappa shape index (κ2) is 6.55. The lowest BCUT2D eigenvalue weighted by molar-refractivity contribution is -0.150. The molecule has 2 fully saturated rings. The molecule has 1 atom stereocenters. The number of carbonyl (C=O) groups excluding carboxylic acids is 1. The second-order valence-electron chi connectivity index (χ2n) is 5.82. The lowest BCUT2D eigenvalue weighted by atomic mass is 9.81. The molecule has 0 N–H and O–H groups in total. The minimum Gasteiger partial charge on any atom is -0.463 e. The van der Waals surface area contributed by atoms with Crippen molar-refractivity contribution in [2.45, 2.75) is 70.3 Å². The van der Waals surface area contributed by atoms with Gasteiger partial charge in [-0.25, -0.2) is 4.79 Å². The quantitative estimate of drug-likeness (QED) is 0.359. The van der Waals surface area contributed by atoms with E-state index in [0.29, 0.717) is 13.2 Å². The summed E-state index contributed by atoms with van der Waals surface area (Å²) in [6.45, 7) is 3.21. The summed E-state index contributed by atoms with van der Waals surface area (Å²) in [5, 5.41) is 0. The molecule has 0 spiro atoms. The molecule has 0 aromatic heterocycles. The zero-order valence-corrected chi connectivity index (χ0v) is 11.6. The smallest absolute Gasteiger partial charge is 0.340 e. The van der Waals surface area contributed by atoms with Crippen molar-refractivity contribution < 1.29 is 14.3 Å². The molecule has 1 unspecified atom stereocenters. The van der Waals surface area contributed by atoms with Gasteiger partial charge in [-0.15, -0.1) is 0 Å². The molecule has 1 heterocycles. The number of carbonyl (C=O) groups is 1. The number of rotatable bonds is 9. The van der Waals surface area contributed by atoms with Gasteiger partial charge in [0.25, 0.3) is 0 Å². The molecule has 104 valence electrons. The SMILES string of the molecule is CCCCOC(=O)C1(CCCCC2CCC2)CO1. The van der Waals surface area contributed by atoms with Crippen LogP contribution in [0.1, 0.15) is 64.7 Å². The summed E-state index contributed by atoms with van der Waals surface area (Å²) in [5.41, 5.74) is -0.548. The standard InChI is InChI=1S/C15H26O3/c1-2-3-11-17-14(16)15(12-18-15)10-5-4-7-13-8-6-9-13/h13H,2-12H2,1H3. The minimum atomic E-state index is -0.548. The Labute approximate surface area is 110 Å². The number of hydrogen-bond donors (Lipinski definition) is 0. The Morgan fingerprint density at radius 3 is 2.67 bits per heavy atom. The van der Waals surface area contributed by atoms with Crippen LogP contribution in [-0.4, -0.2) is 24.8 Å². The highest BCUT2D eigenvalue weighted by atomic mass is 16.6. The molecule has 2 aliphatic rings. The van der Waals surface area contributed by atoms with E-state index < -0.39 is 5.60 Å². The van der Waals surface area contributed by atoms with E-state index in [1.165, 1.54) is 32.1 Å². The average Bonchev–Trinajstić information content (AvgIpc) is 3.08. The Kier molecular flexibility index (Phi) is 5.04. The molecular formula is C15H26O3. The van der Waals surface area contributed by atoms with Gasteiger partial charge in [0.05, 0.1) is 13.2 Å². The molecular weight excluding hydrogens is 228 g/mol. The van der Waals surface area contributed by atoms with Crippen LogP contribution in [0.25, 0.3) is 0 Å². The Morgan fingerprint density at radius 2 is 2.11 bits per heavy atom. The molecule has 0 aromatic carbocycles. The first-order valence-electron chi connectivity index (χ1n) is 7.58. The third-order valence-corrected chi connectivity index (χ3v) is 4.26. The van der Waals surface area contributed by atoms with E-state index in [1.807, 2.05) is 0 Å². The average molecular weight is 254 g/mol. The molecule has 0 amide bonds. The third kappa shape index (κ3) is 3.71. The van der Waals surface area contributed by atoms with Crippen molar-refractivity contribution in [2.24, 2.45) is 5.92 Å². The number of epoxide rings is 1. The minimum absolute atomic E-state index is 0.125. The molecule has 0 aromatic rings. The fourth-order valence-corrected chi connectivity index (χ4v) is 2.52. The number of unbranched alkanes of at least 4 members (excludes halogenated alkanes) is 2. The largest absolute Gasteiger partial charge is 0.463 e. The highest BCUT2D eigenvalue weighted by Crippen LogP contribution is 2.36. The van der Waals surface area contributed by atoms with Crippen LogP contribution in [0.15, 0.2) is 0 Å². The number of esters is 1. The first-order chi connectivity index (χ1) is 8.77.